The number of hydrogen-bond acceptors (Lipinski definition) is 3. The van der Waals surface area contributed by atoms with E-state index in [0.717, 1.165) is 22.4 Å². The fourth-order valence-electron chi connectivity index (χ4n) is 3.04. The van der Waals surface area contributed by atoms with E-state index in [1.807, 2.05) is 48.5 Å². The third-order valence-electron chi connectivity index (χ3n) is 4.33. The Hall–Kier alpha value is -3.89. The lowest BCUT2D eigenvalue weighted by Crippen LogP contribution is -2.02. The molecule has 0 aliphatic heterocycles. The Bertz CT molecular complexity index is 1160. The van der Waals surface area contributed by atoms with Gasteiger partial charge in [0, 0.05) is 12.1 Å². The predicted molar refractivity (Wildman–Crippen MR) is 100 cm³/mol. The van der Waals surface area contributed by atoms with Crippen LogP contribution in [0.15, 0.2) is 72.8 Å². The highest BCUT2D eigenvalue weighted by Gasteiger charge is 2.13. The molecule has 0 spiro atoms. The Labute approximate surface area is 151 Å². The summed E-state index contributed by atoms with van der Waals surface area (Å²) in [4.78, 5) is 4.77. The molecule has 0 radical (unpaired) electrons. The molecule has 0 N–H and O–H groups in total. The Morgan fingerprint density at radius 1 is 0.808 bits per heavy atom. The van der Waals surface area contributed by atoms with E-state index in [2.05, 4.69) is 28.8 Å². The zero-order chi connectivity index (χ0) is 17.9. The summed E-state index contributed by atoms with van der Waals surface area (Å²) in [6.07, 6.45) is 0. The molecule has 0 unspecified atom stereocenters. The smallest absolute Gasteiger partial charge is 0.141 e. The molecule has 0 fully saturated rings. The van der Waals surface area contributed by atoms with E-state index in [-0.39, 0.29) is 0 Å². The molecule has 4 aromatic rings. The lowest BCUT2D eigenvalue weighted by atomic mass is 10.1. The number of hydrogen-bond donors (Lipinski definition) is 0. The van der Waals surface area contributed by atoms with Crippen LogP contribution in [-0.2, 0) is 6.54 Å². The van der Waals surface area contributed by atoms with Crippen LogP contribution in [0.2, 0.25) is 0 Å². The lowest BCUT2D eigenvalue weighted by molar-refractivity contribution is 0.834. The van der Waals surface area contributed by atoms with Gasteiger partial charge in [0.25, 0.3) is 0 Å². The van der Waals surface area contributed by atoms with E-state index < -0.39 is 0 Å². The first-order valence-electron chi connectivity index (χ1n) is 8.23. The van der Waals surface area contributed by atoms with Crippen LogP contribution in [-0.4, -0.2) is 9.55 Å². The van der Waals surface area contributed by atoms with Crippen LogP contribution in [0, 0.1) is 22.7 Å². The topological polar surface area (TPSA) is 65.4 Å². The Balaban J connectivity index is 1.90. The minimum Gasteiger partial charge on any atom is -0.319 e. The first-order valence-corrected chi connectivity index (χ1v) is 8.23. The first-order chi connectivity index (χ1) is 12.8. The third kappa shape index (κ3) is 2.81. The minimum absolute atomic E-state index is 0.591. The van der Waals surface area contributed by atoms with Crippen molar-refractivity contribution in [3.8, 4) is 23.5 Å². The fraction of sp³-hybridized carbons (Fsp3) is 0.0455. The van der Waals surface area contributed by atoms with Crippen LogP contribution >= 0.6 is 0 Å². The van der Waals surface area contributed by atoms with Gasteiger partial charge in [-0.3, -0.25) is 0 Å². The second-order valence-corrected chi connectivity index (χ2v) is 6.01. The summed E-state index contributed by atoms with van der Waals surface area (Å²) in [5.74, 6) is 0.823. The molecule has 0 aliphatic rings. The van der Waals surface area contributed by atoms with Crippen molar-refractivity contribution in [3.63, 3.8) is 0 Å². The molecule has 4 heteroatoms. The van der Waals surface area contributed by atoms with Gasteiger partial charge in [0.1, 0.15) is 5.82 Å². The maximum Gasteiger partial charge on any atom is 0.141 e. The Morgan fingerprint density at radius 3 is 2.19 bits per heavy atom. The van der Waals surface area contributed by atoms with E-state index in [0.29, 0.717) is 17.7 Å². The van der Waals surface area contributed by atoms with Gasteiger partial charge in [-0.2, -0.15) is 10.5 Å². The van der Waals surface area contributed by atoms with Crippen molar-refractivity contribution >= 4 is 11.0 Å². The lowest BCUT2D eigenvalue weighted by Gasteiger charge is -2.10. The van der Waals surface area contributed by atoms with Gasteiger partial charge in [-0.05, 0) is 48.0 Å². The molecule has 4 rings (SSSR count). The second kappa shape index (κ2) is 6.55. The summed E-state index contributed by atoms with van der Waals surface area (Å²) >= 11 is 0. The van der Waals surface area contributed by atoms with Crippen LogP contribution in [0.25, 0.3) is 22.4 Å². The molecular formula is C22H14N4. The van der Waals surface area contributed by atoms with Gasteiger partial charge in [-0.25, -0.2) is 4.98 Å². The number of nitrogens with zero attached hydrogens (tertiary/aromatic N) is 4. The molecule has 1 aromatic heterocycles. The summed E-state index contributed by atoms with van der Waals surface area (Å²) in [5, 5.41) is 18.2. The SMILES string of the molecule is N#Cc1ccc(-c2nc3cc(C#N)ccc3n2Cc2ccccc2)cc1. The van der Waals surface area contributed by atoms with Crippen LogP contribution in [0.3, 0.4) is 0 Å². The minimum atomic E-state index is 0.591. The monoisotopic (exact) mass is 334 g/mol. The molecule has 3 aromatic carbocycles. The van der Waals surface area contributed by atoms with Crippen LogP contribution in [0.5, 0.6) is 0 Å². The van der Waals surface area contributed by atoms with Gasteiger partial charge in [0.15, 0.2) is 0 Å². The zero-order valence-corrected chi connectivity index (χ0v) is 13.9. The maximum atomic E-state index is 9.17. The van der Waals surface area contributed by atoms with Gasteiger partial charge in [-0.15, -0.1) is 0 Å². The Morgan fingerprint density at radius 2 is 1.50 bits per heavy atom. The largest absolute Gasteiger partial charge is 0.319 e. The van der Waals surface area contributed by atoms with E-state index in [1.165, 1.54) is 5.56 Å². The van der Waals surface area contributed by atoms with Gasteiger partial charge in [-0.1, -0.05) is 30.3 Å². The molecule has 0 bridgehead atoms. The van der Waals surface area contributed by atoms with Crippen molar-refractivity contribution < 1.29 is 0 Å². The molecule has 0 aliphatic carbocycles. The summed E-state index contributed by atoms with van der Waals surface area (Å²) in [6, 6.07) is 27.5. The van der Waals surface area contributed by atoms with Crippen molar-refractivity contribution in [3.05, 3.63) is 89.5 Å². The van der Waals surface area contributed by atoms with Crippen LogP contribution in [0.4, 0.5) is 0 Å². The molecule has 122 valence electrons. The van der Waals surface area contributed by atoms with Gasteiger partial charge < -0.3 is 4.57 Å². The number of rotatable bonds is 3. The van der Waals surface area contributed by atoms with Crippen molar-refractivity contribution in [2.24, 2.45) is 0 Å². The molecular weight excluding hydrogens is 320 g/mol. The molecule has 0 saturated carbocycles. The van der Waals surface area contributed by atoms with Crippen LogP contribution in [0.1, 0.15) is 16.7 Å². The average molecular weight is 334 g/mol. The highest BCUT2D eigenvalue weighted by Crippen LogP contribution is 2.27. The summed E-state index contributed by atoms with van der Waals surface area (Å²) in [7, 11) is 0. The highest BCUT2D eigenvalue weighted by atomic mass is 15.1. The molecule has 1 heterocycles. The third-order valence-corrected chi connectivity index (χ3v) is 4.33. The van der Waals surface area contributed by atoms with Gasteiger partial charge in [0.05, 0.1) is 34.3 Å². The van der Waals surface area contributed by atoms with Gasteiger partial charge >= 0.3 is 0 Å². The van der Waals surface area contributed by atoms with Crippen molar-refractivity contribution in [1.29, 1.82) is 10.5 Å². The van der Waals surface area contributed by atoms with E-state index in [9.17, 15) is 0 Å². The van der Waals surface area contributed by atoms with Crippen molar-refractivity contribution in [2.45, 2.75) is 6.54 Å². The number of aromatic nitrogens is 2. The number of fused-ring (bicyclic) bond motifs is 1. The first kappa shape index (κ1) is 15.6. The molecule has 0 saturated heterocycles. The summed E-state index contributed by atoms with van der Waals surface area (Å²) in [6.45, 7) is 0.679. The molecule has 0 atom stereocenters. The molecule has 0 amide bonds. The van der Waals surface area contributed by atoms with Crippen molar-refractivity contribution in [1.82, 2.24) is 9.55 Å². The normalized spacial score (nSPS) is 10.4. The average Bonchev–Trinajstić information content (AvgIpc) is 3.06. The molecule has 26 heavy (non-hydrogen) atoms. The summed E-state index contributed by atoms with van der Waals surface area (Å²) < 4.78 is 2.15. The van der Waals surface area contributed by atoms with E-state index in [1.54, 1.807) is 12.1 Å². The summed E-state index contributed by atoms with van der Waals surface area (Å²) in [5.41, 5.74) is 5.09. The predicted octanol–water partition coefficient (Wildman–Crippen LogP) is 4.49. The standard InChI is InChI=1S/C22H14N4/c23-13-16-6-9-19(10-7-16)22-25-20-12-18(14-24)8-11-21(20)26(22)15-17-4-2-1-3-5-17/h1-12H,15H2. The second-order valence-electron chi connectivity index (χ2n) is 6.01. The van der Waals surface area contributed by atoms with Crippen LogP contribution < -0.4 is 0 Å². The fourth-order valence-corrected chi connectivity index (χ4v) is 3.04. The highest BCUT2D eigenvalue weighted by molar-refractivity contribution is 5.82. The number of benzene rings is 3. The zero-order valence-electron chi connectivity index (χ0n) is 13.9. The maximum absolute atomic E-state index is 9.17. The molecule has 4 nitrogen and oxygen atoms in total. The van der Waals surface area contributed by atoms with E-state index in [4.69, 9.17) is 15.5 Å². The quantitative estimate of drug-likeness (QED) is 0.554. The van der Waals surface area contributed by atoms with E-state index >= 15 is 0 Å². The number of imidazole rings is 1. The van der Waals surface area contributed by atoms with Gasteiger partial charge in [0.2, 0.25) is 0 Å². The number of nitriles is 2. The Kier molecular flexibility index (Phi) is 3.94. The van der Waals surface area contributed by atoms with Crippen molar-refractivity contribution in [2.75, 3.05) is 0 Å².